The van der Waals surface area contributed by atoms with Crippen LogP contribution in [-0.2, 0) is 0 Å². The number of carbonyl (C=O) groups is 2. The number of carbonyl (C=O) groups excluding carboxylic acids is 2. The predicted octanol–water partition coefficient (Wildman–Crippen LogP) is 1.11. The fraction of sp³-hybridized carbons (Fsp3) is 0.0526. The highest BCUT2D eigenvalue weighted by Gasteiger charge is 2.21. The average Bonchev–Trinajstić information content (AvgIpc) is 2.64. The van der Waals surface area contributed by atoms with Gasteiger partial charge in [0.05, 0.1) is 0 Å². The molecule has 0 amide bonds. The molecule has 0 spiro atoms. The highest BCUT2D eigenvalue weighted by molar-refractivity contribution is 5.98. The van der Waals surface area contributed by atoms with E-state index in [4.69, 9.17) is 0 Å². The minimum absolute atomic E-state index is 0.00314. The van der Waals surface area contributed by atoms with Gasteiger partial charge in [-0.15, -0.1) is 0 Å². The maximum atomic E-state index is 12.7. The van der Waals surface area contributed by atoms with E-state index >= 15 is 0 Å². The summed E-state index contributed by atoms with van der Waals surface area (Å²) in [5.74, 6) is -2.16. The van der Waals surface area contributed by atoms with Crippen molar-refractivity contribution in [3.63, 3.8) is 0 Å². The number of aromatic hydroxyl groups is 2. The molecular formula is C19H14N2O6. The van der Waals surface area contributed by atoms with Crippen molar-refractivity contribution in [1.29, 1.82) is 0 Å². The number of benzene rings is 2. The van der Waals surface area contributed by atoms with E-state index in [2.05, 4.69) is 0 Å². The van der Waals surface area contributed by atoms with Crippen LogP contribution in [0.4, 0.5) is 0 Å². The molecule has 3 aromatic rings. The van der Waals surface area contributed by atoms with Gasteiger partial charge in [0.25, 0.3) is 17.4 Å². The lowest BCUT2D eigenvalue weighted by Crippen LogP contribution is -2.46. The second-order valence-electron chi connectivity index (χ2n) is 5.82. The van der Waals surface area contributed by atoms with E-state index in [1.165, 1.54) is 43.3 Å². The van der Waals surface area contributed by atoms with Gasteiger partial charge in [0, 0.05) is 22.9 Å². The van der Waals surface area contributed by atoms with Crippen molar-refractivity contribution in [3.8, 4) is 11.5 Å². The first-order chi connectivity index (χ1) is 12.8. The van der Waals surface area contributed by atoms with E-state index in [0.717, 1.165) is 18.3 Å². The molecule has 0 bridgehead atoms. The fourth-order valence-electron chi connectivity index (χ4n) is 2.55. The summed E-state index contributed by atoms with van der Waals surface area (Å²) >= 11 is 0. The van der Waals surface area contributed by atoms with Crippen LogP contribution in [0.1, 0.15) is 26.3 Å². The fourth-order valence-corrected chi connectivity index (χ4v) is 2.55. The molecular weight excluding hydrogens is 352 g/mol. The Bertz CT molecular complexity index is 1190. The standard InChI is InChI=1S/C19H14N2O6/c1-11-10-20(17(25)12-4-2-6-14(22)8-12)19(27)21(16(11)24)18(26)13-5-3-7-15(23)9-13/h2-10,22-23H,1H3. The van der Waals surface area contributed by atoms with Crippen LogP contribution >= 0.6 is 0 Å². The van der Waals surface area contributed by atoms with Gasteiger partial charge in [-0.25, -0.2) is 9.36 Å². The van der Waals surface area contributed by atoms with E-state index < -0.39 is 23.1 Å². The zero-order valence-electron chi connectivity index (χ0n) is 14.1. The summed E-state index contributed by atoms with van der Waals surface area (Å²) in [6, 6.07) is 10.5. The monoisotopic (exact) mass is 366 g/mol. The summed E-state index contributed by atoms with van der Waals surface area (Å²) < 4.78 is 0.969. The Labute approximate surface area is 152 Å². The number of aromatic nitrogens is 2. The van der Waals surface area contributed by atoms with Crippen molar-refractivity contribution in [2.45, 2.75) is 6.92 Å². The summed E-state index contributed by atoms with van der Waals surface area (Å²) in [7, 11) is 0. The number of aryl methyl sites for hydroxylation is 1. The van der Waals surface area contributed by atoms with Crippen molar-refractivity contribution in [1.82, 2.24) is 9.13 Å². The van der Waals surface area contributed by atoms with Gasteiger partial charge in [-0.2, -0.15) is 4.57 Å². The lowest BCUT2D eigenvalue weighted by atomic mass is 10.2. The number of hydrogen-bond donors (Lipinski definition) is 2. The largest absolute Gasteiger partial charge is 0.508 e. The van der Waals surface area contributed by atoms with Crippen LogP contribution in [0.2, 0.25) is 0 Å². The minimum atomic E-state index is -1.15. The molecule has 0 aliphatic rings. The smallest absolute Gasteiger partial charge is 0.345 e. The van der Waals surface area contributed by atoms with Gasteiger partial charge in [0.2, 0.25) is 0 Å². The molecule has 2 aromatic carbocycles. The van der Waals surface area contributed by atoms with Crippen molar-refractivity contribution >= 4 is 11.8 Å². The van der Waals surface area contributed by atoms with E-state index in [9.17, 15) is 29.4 Å². The third-order valence-corrected chi connectivity index (χ3v) is 3.87. The molecule has 1 heterocycles. The third kappa shape index (κ3) is 3.28. The molecule has 2 N–H and O–H groups in total. The quantitative estimate of drug-likeness (QED) is 0.701. The van der Waals surface area contributed by atoms with E-state index in [-0.39, 0.29) is 28.2 Å². The molecule has 1 aromatic heterocycles. The first-order valence-corrected chi connectivity index (χ1v) is 7.82. The first kappa shape index (κ1) is 17.9. The third-order valence-electron chi connectivity index (χ3n) is 3.87. The second kappa shape index (κ2) is 6.75. The number of rotatable bonds is 2. The van der Waals surface area contributed by atoms with Crippen LogP contribution in [0.3, 0.4) is 0 Å². The molecule has 0 fully saturated rings. The van der Waals surface area contributed by atoms with Gasteiger partial charge in [-0.3, -0.25) is 14.4 Å². The molecule has 0 aliphatic heterocycles. The Morgan fingerprint density at radius 1 is 0.852 bits per heavy atom. The van der Waals surface area contributed by atoms with Gasteiger partial charge in [0.1, 0.15) is 11.5 Å². The van der Waals surface area contributed by atoms with Crippen LogP contribution in [0.5, 0.6) is 11.5 Å². The number of hydrogen-bond acceptors (Lipinski definition) is 6. The number of phenolic OH excluding ortho intramolecular Hbond substituents is 2. The van der Waals surface area contributed by atoms with Gasteiger partial charge in [0.15, 0.2) is 0 Å². The topological polar surface area (TPSA) is 119 Å². The number of phenols is 2. The van der Waals surface area contributed by atoms with Crippen LogP contribution < -0.4 is 11.2 Å². The van der Waals surface area contributed by atoms with Gasteiger partial charge < -0.3 is 10.2 Å². The Kier molecular flexibility index (Phi) is 4.47. The van der Waals surface area contributed by atoms with Gasteiger partial charge >= 0.3 is 5.69 Å². The van der Waals surface area contributed by atoms with Crippen LogP contribution in [0, 0.1) is 6.92 Å². The molecule has 8 heteroatoms. The molecule has 8 nitrogen and oxygen atoms in total. The van der Waals surface area contributed by atoms with Crippen LogP contribution in [-0.4, -0.2) is 31.2 Å². The van der Waals surface area contributed by atoms with Crippen LogP contribution in [0.25, 0.3) is 0 Å². The van der Waals surface area contributed by atoms with Crippen molar-refractivity contribution in [3.05, 3.63) is 92.3 Å². The Balaban J connectivity index is 2.20. The minimum Gasteiger partial charge on any atom is -0.508 e. The zero-order valence-corrected chi connectivity index (χ0v) is 14.1. The Morgan fingerprint density at radius 3 is 1.89 bits per heavy atom. The maximum absolute atomic E-state index is 12.7. The first-order valence-electron chi connectivity index (χ1n) is 7.82. The SMILES string of the molecule is Cc1cn(C(=O)c2cccc(O)c2)c(=O)n(C(=O)c2cccc(O)c2)c1=O. The van der Waals surface area contributed by atoms with E-state index in [0.29, 0.717) is 9.13 Å². The van der Waals surface area contributed by atoms with E-state index in [1.54, 1.807) is 0 Å². The maximum Gasteiger partial charge on any atom is 0.345 e. The highest BCUT2D eigenvalue weighted by atomic mass is 16.3. The molecule has 3 rings (SSSR count). The van der Waals surface area contributed by atoms with Crippen molar-refractivity contribution < 1.29 is 19.8 Å². The van der Waals surface area contributed by atoms with Crippen LogP contribution in [0.15, 0.2) is 64.3 Å². The second-order valence-corrected chi connectivity index (χ2v) is 5.82. The molecule has 0 aliphatic carbocycles. The summed E-state index contributed by atoms with van der Waals surface area (Å²) in [4.78, 5) is 50.3. The van der Waals surface area contributed by atoms with Crippen molar-refractivity contribution in [2.24, 2.45) is 0 Å². The molecule has 0 radical (unpaired) electrons. The van der Waals surface area contributed by atoms with Gasteiger partial charge in [-0.05, 0) is 43.3 Å². The lowest BCUT2D eigenvalue weighted by molar-refractivity contribution is 0.0930. The molecule has 136 valence electrons. The predicted molar refractivity (Wildman–Crippen MR) is 95.4 cm³/mol. The molecule has 0 unspecified atom stereocenters. The summed E-state index contributed by atoms with van der Waals surface area (Å²) in [5, 5.41) is 19.0. The molecule has 0 saturated heterocycles. The summed E-state index contributed by atoms with van der Waals surface area (Å²) in [6.45, 7) is 1.36. The summed E-state index contributed by atoms with van der Waals surface area (Å²) in [5.41, 5.74) is -2.10. The summed E-state index contributed by atoms with van der Waals surface area (Å²) in [6.07, 6.45) is 1.04. The van der Waals surface area contributed by atoms with E-state index in [1.807, 2.05) is 0 Å². The zero-order chi connectivity index (χ0) is 19.7. The molecule has 0 saturated carbocycles. The average molecular weight is 366 g/mol. The molecule has 27 heavy (non-hydrogen) atoms. The number of nitrogens with zero attached hydrogens (tertiary/aromatic N) is 2. The Hall–Kier alpha value is -3.94. The normalized spacial score (nSPS) is 10.6. The molecule has 0 atom stereocenters. The lowest BCUT2D eigenvalue weighted by Gasteiger charge is -2.10. The van der Waals surface area contributed by atoms with Gasteiger partial charge in [-0.1, -0.05) is 12.1 Å². The highest BCUT2D eigenvalue weighted by Crippen LogP contribution is 2.13. The Morgan fingerprint density at radius 2 is 1.37 bits per heavy atom. The van der Waals surface area contributed by atoms with Crippen molar-refractivity contribution in [2.75, 3.05) is 0 Å².